The van der Waals surface area contributed by atoms with E-state index in [2.05, 4.69) is 5.32 Å². The maximum absolute atomic E-state index is 12.6. The van der Waals surface area contributed by atoms with Gasteiger partial charge in [0.2, 0.25) is 5.91 Å². The summed E-state index contributed by atoms with van der Waals surface area (Å²) < 4.78 is 5.17. The largest absolute Gasteiger partial charge is 0.459 e. The molecule has 7 heteroatoms. The van der Waals surface area contributed by atoms with Crippen molar-refractivity contribution in [2.75, 3.05) is 27.2 Å². The van der Waals surface area contributed by atoms with E-state index < -0.39 is 0 Å². The molecule has 2 aromatic rings. The highest BCUT2D eigenvalue weighted by Gasteiger charge is 2.29. The summed E-state index contributed by atoms with van der Waals surface area (Å²) in [5.74, 6) is -0.233. The molecule has 28 heavy (non-hydrogen) atoms. The Balaban J connectivity index is 1.53. The average molecular weight is 383 g/mol. The molecule has 3 rings (SSSR count). The molecular weight excluding hydrogens is 358 g/mol. The molecule has 1 aromatic carbocycles. The van der Waals surface area contributed by atoms with Crippen molar-refractivity contribution in [2.45, 2.75) is 19.4 Å². The van der Waals surface area contributed by atoms with E-state index >= 15 is 0 Å². The number of hydrogen-bond acceptors (Lipinski definition) is 4. The predicted molar refractivity (Wildman–Crippen MR) is 104 cm³/mol. The van der Waals surface area contributed by atoms with Crippen LogP contribution in [0.5, 0.6) is 0 Å². The third-order valence-corrected chi connectivity index (χ3v) is 4.89. The lowest BCUT2D eigenvalue weighted by Crippen LogP contribution is -2.45. The Labute approximate surface area is 164 Å². The Kier molecular flexibility index (Phi) is 6.13. The van der Waals surface area contributed by atoms with Crippen molar-refractivity contribution in [1.82, 2.24) is 15.1 Å². The van der Waals surface area contributed by atoms with Gasteiger partial charge in [0.05, 0.1) is 12.2 Å². The first-order chi connectivity index (χ1) is 13.5. The van der Waals surface area contributed by atoms with E-state index in [1.54, 1.807) is 43.3 Å². The fraction of sp³-hybridized carbons (Fsp3) is 0.381. The van der Waals surface area contributed by atoms with Crippen molar-refractivity contribution < 1.29 is 18.8 Å². The van der Waals surface area contributed by atoms with Gasteiger partial charge in [-0.05, 0) is 42.7 Å². The second-order valence-corrected chi connectivity index (χ2v) is 7.18. The summed E-state index contributed by atoms with van der Waals surface area (Å²) in [4.78, 5) is 40.1. The van der Waals surface area contributed by atoms with Crippen LogP contribution in [0.2, 0.25) is 0 Å². The third-order valence-electron chi connectivity index (χ3n) is 4.89. The van der Waals surface area contributed by atoms with Crippen LogP contribution in [0, 0.1) is 5.92 Å². The highest BCUT2D eigenvalue weighted by Crippen LogP contribution is 2.19. The molecule has 7 nitrogen and oxygen atoms in total. The standard InChI is InChI=1S/C21H25N3O4/c1-23(2)20(26)16-9-7-15(8-10-16)13-22-19(25)17-5-3-11-24(14-17)21(27)18-6-4-12-28-18/h4,6-10,12,17H,3,5,11,13-14H2,1-2H3,(H,22,25)/t17-/m1/s1. The second kappa shape index (κ2) is 8.73. The van der Waals surface area contributed by atoms with E-state index in [1.165, 1.54) is 11.2 Å². The van der Waals surface area contributed by atoms with E-state index in [0.29, 0.717) is 31.0 Å². The van der Waals surface area contributed by atoms with E-state index in [-0.39, 0.29) is 23.6 Å². The quantitative estimate of drug-likeness (QED) is 0.858. The molecule has 148 valence electrons. The molecule has 0 unspecified atom stereocenters. The molecule has 3 amide bonds. The number of hydrogen-bond donors (Lipinski definition) is 1. The molecule has 1 fully saturated rings. The summed E-state index contributed by atoms with van der Waals surface area (Å²) in [7, 11) is 3.42. The number of carbonyl (C=O) groups is 3. The summed E-state index contributed by atoms with van der Waals surface area (Å²) >= 11 is 0. The first kappa shape index (κ1) is 19.7. The molecule has 0 radical (unpaired) electrons. The zero-order chi connectivity index (χ0) is 20.1. The van der Waals surface area contributed by atoms with Crippen molar-refractivity contribution in [2.24, 2.45) is 5.92 Å². The van der Waals surface area contributed by atoms with Crippen LogP contribution in [0.4, 0.5) is 0 Å². The normalized spacial score (nSPS) is 16.5. The van der Waals surface area contributed by atoms with Gasteiger partial charge in [0.15, 0.2) is 5.76 Å². The van der Waals surface area contributed by atoms with Gasteiger partial charge in [-0.1, -0.05) is 12.1 Å². The van der Waals surface area contributed by atoms with Gasteiger partial charge in [-0.25, -0.2) is 0 Å². The smallest absolute Gasteiger partial charge is 0.289 e. The van der Waals surface area contributed by atoms with E-state index in [9.17, 15) is 14.4 Å². The minimum atomic E-state index is -0.234. The fourth-order valence-corrected chi connectivity index (χ4v) is 3.29. The molecule has 1 N–H and O–H groups in total. The van der Waals surface area contributed by atoms with Gasteiger partial charge in [0.1, 0.15) is 0 Å². The van der Waals surface area contributed by atoms with Crippen LogP contribution in [0.1, 0.15) is 39.3 Å². The number of piperidine rings is 1. The van der Waals surface area contributed by atoms with Crippen LogP contribution in [-0.2, 0) is 11.3 Å². The second-order valence-electron chi connectivity index (χ2n) is 7.18. The summed E-state index contributed by atoms with van der Waals surface area (Å²) in [6.07, 6.45) is 3.01. The SMILES string of the molecule is CN(C)C(=O)c1ccc(CNC(=O)[C@@H]2CCCN(C(=O)c3ccco3)C2)cc1. The molecule has 0 bridgehead atoms. The minimum absolute atomic E-state index is 0.0564. The van der Waals surface area contributed by atoms with E-state index in [0.717, 1.165) is 18.4 Å². The summed E-state index contributed by atoms with van der Waals surface area (Å²) in [6.45, 7) is 1.41. The lowest BCUT2D eigenvalue weighted by molar-refractivity contribution is -0.126. The Bertz CT molecular complexity index is 828. The number of nitrogens with one attached hydrogen (secondary N) is 1. The monoisotopic (exact) mass is 383 g/mol. The Morgan fingerprint density at radius 3 is 2.57 bits per heavy atom. The number of nitrogens with zero attached hydrogens (tertiary/aromatic N) is 2. The van der Waals surface area contributed by atoms with Gasteiger partial charge in [0.25, 0.3) is 11.8 Å². The van der Waals surface area contributed by atoms with Crippen LogP contribution < -0.4 is 5.32 Å². The lowest BCUT2D eigenvalue weighted by atomic mass is 9.96. The molecular formula is C21H25N3O4. The van der Waals surface area contributed by atoms with Crippen molar-refractivity contribution in [1.29, 1.82) is 0 Å². The number of amides is 3. The first-order valence-corrected chi connectivity index (χ1v) is 9.37. The molecule has 1 aliphatic rings. The fourth-order valence-electron chi connectivity index (χ4n) is 3.29. The number of likely N-dealkylation sites (tertiary alicyclic amines) is 1. The van der Waals surface area contributed by atoms with Crippen LogP contribution in [0.25, 0.3) is 0 Å². The maximum atomic E-state index is 12.6. The minimum Gasteiger partial charge on any atom is -0.459 e. The summed E-state index contributed by atoms with van der Waals surface area (Å²) in [6, 6.07) is 10.5. The highest BCUT2D eigenvalue weighted by atomic mass is 16.3. The van der Waals surface area contributed by atoms with Crippen molar-refractivity contribution in [3.8, 4) is 0 Å². The Morgan fingerprint density at radius 2 is 1.93 bits per heavy atom. The van der Waals surface area contributed by atoms with Gasteiger partial charge in [-0.3, -0.25) is 14.4 Å². The predicted octanol–water partition coefficient (Wildman–Crippen LogP) is 2.15. The summed E-state index contributed by atoms with van der Waals surface area (Å²) in [5.41, 5.74) is 1.53. The first-order valence-electron chi connectivity index (χ1n) is 9.37. The van der Waals surface area contributed by atoms with Gasteiger partial charge < -0.3 is 19.5 Å². The van der Waals surface area contributed by atoms with Crippen molar-refractivity contribution in [3.63, 3.8) is 0 Å². The van der Waals surface area contributed by atoms with Gasteiger partial charge in [0, 0.05) is 39.3 Å². The van der Waals surface area contributed by atoms with E-state index in [1.807, 2.05) is 12.1 Å². The molecule has 1 atom stereocenters. The topological polar surface area (TPSA) is 82.9 Å². The van der Waals surface area contributed by atoms with Crippen LogP contribution in [-0.4, -0.2) is 54.7 Å². The Morgan fingerprint density at radius 1 is 1.18 bits per heavy atom. The van der Waals surface area contributed by atoms with Gasteiger partial charge >= 0.3 is 0 Å². The number of furan rings is 1. The number of benzene rings is 1. The molecule has 0 aliphatic carbocycles. The zero-order valence-electron chi connectivity index (χ0n) is 16.2. The van der Waals surface area contributed by atoms with Crippen LogP contribution in [0.15, 0.2) is 47.1 Å². The molecule has 1 aliphatic heterocycles. The molecule has 1 aromatic heterocycles. The van der Waals surface area contributed by atoms with E-state index in [4.69, 9.17) is 4.42 Å². The van der Waals surface area contributed by atoms with Crippen molar-refractivity contribution >= 4 is 17.7 Å². The lowest BCUT2D eigenvalue weighted by Gasteiger charge is -2.31. The molecule has 0 saturated carbocycles. The Hall–Kier alpha value is -3.09. The van der Waals surface area contributed by atoms with Gasteiger partial charge in [-0.15, -0.1) is 0 Å². The zero-order valence-corrected chi connectivity index (χ0v) is 16.2. The molecule has 0 spiro atoms. The average Bonchev–Trinajstić information content (AvgIpc) is 3.26. The molecule has 1 saturated heterocycles. The maximum Gasteiger partial charge on any atom is 0.289 e. The highest BCUT2D eigenvalue weighted by molar-refractivity contribution is 5.94. The van der Waals surface area contributed by atoms with Crippen LogP contribution in [0.3, 0.4) is 0 Å². The number of rotatable bonds is 5. The van der Waals surface area contributed by atoms with Gasteiger partial charge in [-0.2, -0.15) is 0 Å². The van der Waals surface area contributed by atoms with Crippen molar-refractivity contribution in [3.05, 3.63) is 59.5 Å². The molecule has 2 heterocycles. The number of carbonyl (C=O) groups excluding carboxylic acids is 3. The van der Waals surface area contributed by atoms with Crippen LogP contribution >= 0.6 is 0 Å². The third kappa shape index (κ3) is 4.60. The summed E-state index contributed by atoms with van der Waals surface area (Å²) in [5, 5.41) is 2.94.